The Morgan fingerprint density at radius 3 is 2.69 bits per heavy atom. The summed E-state index contributed by atoms with van der Waals surface area (Å²) in [7, 11) is 2.64. The van der Waals surface area contributed by atoms with Crippen molar-refractivity contribution in [1.29, 1.82) is 0 Å². The molecule has 0 bridgehead atoms. The number of hydrogen-bond donors (Lipinski definition) is 2. The average molecular weight is 596 g/mol. The normalized spacial score (nSPS) is 18.4. The highest BCUT2D eigenvalue weighted by molar-refractivity contribution is 7.84. The van der Waals surface area contributed by atoms with Gasteiger partial charge in [-0.05, 0) is 78.0 Å². The van der Waals surface area contributed by atoms with Crippen LogP contribution >= 0.6 is 0 Å². The summed E-state index contributed by atoms with van der Waals surface area (Å²) < 4.78 is 20.5. The van der Waals surface area contributed by atoms with Gasteiger partial charge in [-0.25, -0.2) is 13.5 Å². The number of aliphatic hydroxyl groups excluding tert-OH is 1. The quantitative estimate of drug-likeness (QED) is 0.322. The summed E-state index contributed by atoms with van der Waals surface area (Å²) >= 11 is 0. The molecule has 9 nitrogen and oxygen atoms in total. The maximum absolute atomic E-state index is 13.6. The molecule has 1 amide bonds. The first-order valence-corrected chi connectivity index (χ1v) is 15.8. The number of nitrogens with zero attached hydrogens (tertiary/aromatic N) is 4. The number of carbonyl (C=O) groups is 1. The fraction of sp³-hybridized carbons (Fsp3) is 0.562. The number of morpholine rings is 1. The summed E-state index contributed by atoms with van der Waals surface area (Å²) in [6.07, 6.45) is 1.26. The van der Waals surface area contributed by atoms with E-state index >= 15 is 0 Å². The van der Waals surface area contributed by atoms with Gasteiger partial charge in [0.25, 0.3) is 5.91 Å². The number of ether oxygens (including phenoxy) is 1. The molecule has 0 spiro atoms. The lowest BCUT2D eigenvalue weighted by Gasteiger charge is -2.30. The molecule has 42 heavy (non-hydrogen) atoms. The minimum absolute atomic E-state index is 0.0528. The van der Waals surface area contributed by atoms with E-state index < -0.39 is 15.7 Å². The first-order valence-electron chi connectivity index (χ1n) is 14.7. The molecule has 0 saturated carbocycles. The Bertz CT molecular complexity index is 1320. The highest BCUT2D eigenvalue weighted by Gasteiger charge is 2.40. The molecule has 1 aromatic heterocycles. The number of rotatable bonds is 10. The van der Waals surface area contributed by atoms with Crippen LogP contribution in [-0.4, -0.2) is 106 Å². The van der Waals surface area contributed by atoms with E-state index in [2.05, 4.69) is 22.1 Å². The third kappa shape index (κ3) is 8.25. The first-order chi connectivity index (χ1) is 20.1. The van der Waals surface area contributed by atoms with E-state index in [-0.39, 0.29) is 18.6 Å². The van der Waals surface area contributed by atoms with Gasteiger partial charge in [-0.2, -0.15) is 0 Å². The van der Waals surface area contributed by atoms with Crippen molar-refractivity contribution in [1.82, 2.24) is 24.4 Å². The molecule has 2 aliphatic heterocycles. The van der Waals surface area contributed by atoms with Crippen molar-refractivity contribution in [3.63, 3.8) is 0 Å². The molecule has 3 heterocycles. The van der Waals surface area contributed by atoms with Gasteiger partial charge in [0.15, 0.2) is 0 Å². The molecule has 2 atom stereocenters. The summed E-state index contributed by atoms with van der Waals surface area (Å²) in [6, 6.07) is 9.42. The first kappa shape index (κ1) is 32.3. The number of fused-ring (bicyclic) bond motifs is 1. The predicted octanol–water partition coefficient (Wildman–Crippen LogP) is 2.82. The van der Waals surface area contributed by atoms with Crippen molar-refractivity contribution in [3.8, 4) is 23.1 Å². The van der Waals surface area contributed by atoms with E-state index in [4.69, 9.17) is 9.72 Å². The number of benzene rings is 1. The molecule has 1 unspecified atom stereocenters. The number of aliphatic hydroxyl groups is 1. The van der Waals surface area contributed by atoms with Crippen LogP contribution in [0, 0.1) is 11.8 Å². The van der Waals surface area contributed by atoms with Crippen LogP contribution in [0.2, 0.25) is 0 Å². The molecule has 0 aliphatic carbocycles. The van der Waals surface area contributed by atoms with Crippen molar-refractivity contribution in [3.05, 3.63) is 52.7 Å². The van der Waals surface area contributed by atoms with Crippen LogP contribution in [0.15, 0.2) is 30.3 Å². The Hall–Kier alpha value is -2.65. The van der Waals surface area contributed by atoms with E-state index in [1.165, 1.54) is 0 Å². The summed E-state index contributed by atoms with van der Waals surface area (Å²) in [6.45, 7) is 11.7. The Kier molecular flexibility index (Phi) is 11.3. The number of carbonyl (C=O) groups excluding carboxylic acids is 1. The van der Waals surface area contributed by atoms with Crippen LogP contribution in [0.5, 0.6) is 0 Å². The minimum atomic E-state index is -1.32. The van der Waals surface area contributed by atoms with Gasteiger partial charge in [0.1, 0.15) is 16.7 Å². The van der Waals surface area contributed by atoms with Gasteiger partial charge in [0, 0.05) is 49.5 Å². The van der Waals surface area contributed by atoms with Crippen LogP contribution in [0.3, 0.4) is 0 Å². The smallest absolute Gasteiger partial charge is 0.269 e. The average Bonchev–Trinajstić information content (AvgIpc) is 3.32. The second-order valence-corrected chi connectivity index (χ2v) is 14.3. The Labute approximate surface area is 253 Å². The van der Waals surface area contributed by atoms with Crippen LogP contribution in [0.4, 0.5) is 0 Å². The number of aromatic nitrogens is 1. The molecule has 10 heteroatoms. The number of hydrogen-bond acceptors (Lipinski definition) is 7. The van der Waals surface area contributed by atoms with Crippen LogP contribution in [0.25, 0.3) is 11.3 Å². The summed E-state index contributed by atoms with van der Waals surface area (Å²) in [5.41, 5.74) is 4.55. The third-order valence-electron chi connectivity index (χ3n) is 7.33. The van der Waals surface area contributed by atoms with Crippen molar-refractivity contribution in [2.75, 3.05) is 66.6 Å². The van der Waals surface area contributed by atoms with Gasteiger partial charge in [0.2, 0.25) is 0 Å². The third-order valence-corrected chi connectivity index (χ3v) is 9.19. The summed E-state index contributed by atoms with van der Waals surface area (Å²) in [5.74, 6) is 6.18. The van der Waals surface area contributed by atoms with Crippen LogP contribution in [-0.2, 0) is 22.3 Å². The van der Waals surface area contributed by atoms with E-state index in [1.54, 1.807) is 0 Å². The molecule has 0 radical (unpaired) electrons. The largest absolute Gasteiger partial charge is 0.396 e. The van der Waals surface area contributed by atoms with E-state index in [0.29, 0.717) is 37.4 Å². The van der Waals surface area contributed by atoms with Gasteiger partial charge in [-0.1, -0.05) is 24.0 Å². The van der Waals surface area contributed by atoms with Crippen molar-refractivity contribution >= 4 is 16.9 Å². The van der Waals surface area contributed by atoms with Crippen molar-refractivity contribution in [2.24, 2.45) is 0 Å². The fourth-order valence-corrected chi connectivity index (χ4v) is 6.67. The highest BCUT2D eigenvalue weighted by atomic mass is 32.2. The lowest BCUT2D eigenvalue weighted by molar-refractivity contribution is 0.0374. The van der Waals surface area contributed by atoms with Gasteiger partial charge in [-0.3, -0.25) is 14.6 Å². The molecule has 1 fully saturated rings. The van der Waals surface area contributed by atoms with Crippen LogP contribution in [0.1, 0.15) is 66.8 Å². The maximum atomic E-state index is 13.6. The molecule has 2 N–H and O–H groups in total. The van der Waals surface area contributed by atoms with Crippen LogP contribution < -0.4 is 5.32 Å². The van der Waals surface area contributed by atoms with Crippen molar-refractivity contribution < 1.29 is 18.8 Å². The zero-order valence-electron chi connectivity index (χ0n) is 25.6. The molecule has 228 valence electrons. The number of nitrogens with one attached hydrogen (secondary N) is 1. The van der Waals surface area contributed by atoms with Gasteiger partial charge >= 0.3 is 0 Å². The van der Waals surface area contributed by atoms with E-state index in [1.807, 2.05) is 74.4 Å². The minimum Gasteiger partial charge on any atom is -0.396 e. The van der Waals surface area contributed by atoms with Crippen molar-refractivity contribution in [2.45, 2.75) is 50.9 Å². The molecular weight excluding hydrogens is 550 g/mol. The summed E-state index contributed by atoms with van der Waals surface area (Å²) in [5, 5.41) is 13.1. The predicted molar refractivity (Wildman–Crippen MR) is 167 cm³/mol. The molecular formula is C32H45N5O4S. The second-order valence-electron chi connectivity index (χ2n) is 12.1. The zero-order valence-corrected chi connectivity index (χ0v) is 26.4. The van der Waals surface area contributed by atoms with Gasteiger partial charge < -0.3 is 15.2 Å². The second kappa shape index (κ2) is 14.7. The van der Waals surface area contributed by atoms with E-state index in [0.717, 1.165) is 61.5 Å². The Morgan fingerprint density at radius 1 is 1.24 bits per heavy atom. The topological polar surface area (TPSA) is 98.2 Å². The molecule has 2 aliphatic rings. The Morgan fingerprint density at radius 2 is 2.00 bits per heavy atom. The fourth-order valence-electron chi connectivity index (χ4n) is 5.27. The zero-order chi connectivity index (χ0) is 30.3. The molecule has 1 aromatic carbocycles. The van der Waals surface area contributed by atoms with E-state index in [9.17, 15) is 14.1 Å². The SMILES string of the molecule is CN(C)CC#Cc1cccc(-c2nc(C(=O)NCCCN3CCOCC3)cc3c2[C@H](CCO)N(S(=O)C(C)(C)C)C3)c1. The molecule has 2 aromatic rings. The van der Waals surface area contributed by atoms with Gasteiger partial charge in [-0.15, -0.1) is 0 Å². The molecule has 1 saturated heterocycles. The lowest BCUT2D eigenvalue weighted by Crippen LogP contribution is -2.38. The van der Waals surface area contributed by atoms with Gasteiger partial charge in [0.05, 0.1) is 36.2 Å². The molecule has 4 rings (SSSR count). The highest BCUT2D eigenvalue weighted by Crippen LogP contribution is 2.44. The standard InChI is InChI=1S/C32H45N5O4S/c1-32(2,3)42(40)37-23-26-22-27(31(39)33-13-8-15-36-16-19-41-20-17-36)34-30(29(26)28(37)12-18-38)25-11-6-9-24(21-25)10-7-14-35(4)5/h6,9,11,21-22,28,38H,8,12-20,23H2,1-5H3,(H,33,39)/t28-,42?/m0/s1. The monoisotopic (exact) mass is 595 g/mol. The number of pyridine rings is 1. The number of amides is 1. The Balaban J connectivity index is 1.67. The lowest BCUT2D eigenvalue weighted by atomic mass is 9.95. The maximum Gasteiger partial charge on any atom is 0.269 e. The summed E-state index contributed by atoms with van der Waals surface area (Å²) in [4.78, 5) is 22.7.